The number of hydrogen-bond donors (Lipinski definition) is 1. The molecule has 0 spiro atoms. The van der Waals surface area contributed by atoms with Crippen molar-refractivity contribution in [2.24, 2.45) is 0 Å². The molecule has 0 aliphatic heterocycles. The Balaban J connectivity index is 2.02. The van der Waals surface area contributed by atoms with E-state index >= 15 is 0 Å². The lowest BCUT2D eigenvalue weighted by Crippen LogP contribution is -2.31. The molecule has 0 saturated heterocycles. The van der Waals surface area contributed by atoms with Crippen molar-refractivity contribution in [1.29, 1.82) is 0 Å². The first-order valence-electron chi connectivity index (χ1n) is 7.06. The van der Waals surface area contributed by atoms with Crippen LogP contribution >= 0.6 is 11.3 Å². The van der Waals surface area contributed by atoms with E-state index in [2.05, 4.69) is 33.5 Å². The van der Waals surface area contributed by atoms with Crippen molar-refractivity contribution in [3.05, 3.63) is 59.1 Å². The summed E-state index contributed by atoms with van der Waals surface area (Å²) in [5.74, 6) is -0.00988. The summed E-state index contributed by atoms with van der Waals surface area (Å²) < 4.78 is 3.25. The van der Waals surface area contributed by atoms with Crippen LogP contribution in [-0.4, -0.2) is 16.5 Å². The fourth-order valence-corrected chi connectivity index (χ4v) is 3.26. The summed E-state index contributed by atoms with van der Waals surface area (Å²) in [6, 6.07) is 14.4. The topological polar surface area (TPSA) is 34.0 Å². The Morgan fingerprint density at radius 2 is 2.00 bits per heavy atom. The Labute approximate surface area is 128 Å². The zero-order valence-electron chi connectivity index (χ0n) is 12.2. The lowest BCUT2D eigenvalue weighted by atomic mass is 10.2. The van der Waals surface area contributed by atoms with Gasteiger partial charge in [-0.3, -0.25) is 4.79 Å². The summed E-state index contributed by atoms with van der Waals surface area (Å²) in [5.41, 5.74) is 3.05. The summed E-state index contributed by atoms with van der Waals surface area (Å²) >= 11 is 1.67. The van der Waals surface area contributed by atoms with Crippen LogP contribution in [0.25, 0.3) is 10.2 Å². The van der Waals surface area contributed by atoms with Crippen molar-refractivity contribution >= 4 is 27.5 Å². The molecule has 0 fully saturated rings. The van der Waals surface area contributed by atoms with Crippen LogP contribution in [0.4, 0.5) is 0 Å². The summed E-state index contributed by atoms with van der Waals surface area (Å²) in [6.07, 6.45) is 0. The lowest BCUT2D eigenvalue weighted by molar-refractivity contribution is 0.0934. The second-order valence-corrected chi connectivity index (χ2v) is 6.35. The third kappa shape index (κ3) is 2.85. The monoisotopic (exact) mass is 298 g/mol. The van der Waals surface area contributed by atoms with E-state index in [0.29, 0.717) is 6.54 Å². The van der Waals surface area contributed by atoms with Crippen LogP contribution in [0, 0.1) is 0 Å². The predicted molar refractivity (Wildman–Crippen MR) is 88.0 cm³/mol. The van der Waals surface area contributed by atoms with Gasteiger partial charge in [-0.25, -0.2) is 0 Å². The maximum atomic E-state index is 12.4. The number of nitrogens with one attached hydrogen (secondary N) is 1. The fourth-order valence-electron chi connectivity index (χ4n) is 2.44. The zero-order chi connectivity index (χ0) is 14.8. The Hall–Kier alpha value is -2.07. The number of hydrogen-bond acceptors (Lipinski definition) is 2. The number of aromatic nitrogens is 1. The molecule has 21 heavy (non-hydrogen) atoms. The second-order valence-electron chi connectivity index (χ2n) is 5.40. The minimum absolute atomic E-state index is 0.00988. The smallest absolute Gasteiger partial charge is 0.268 e. The van der Waals surface area contributed by atoms with Crippen LogP contribution in [-0.2, 0) is 6.54 Å². The van der Waals surface area contributed by atoms with E-state index in [9.17, 15) is 4.79 Å². The van der Waals surface area contributed by atoms with Crippen molar-refractivity contribution in [2.45, 2.75) is 26.4 Å². The van der Waals surface area contributed by atoms with Crippen molar-refractivity contribution in [1.82, 2.24) is 9.88 Å². The van der Waals surface area contributed by atoms with E-state index in [1.807, 2.05) is 38.1 Å². The Morgan fingerprint density at radius 3 is 2.71 bits per heavy atom. The second kappa shape index (κ2) is 5.74. The molecule has 3 aromatic rings. The number of nitrogens with zero attached hydrogens (tertiary/aromatic N) is 1. The van der Waals surface area contributed by atoms with Crippen molar-refractivity contribution in [3.8, 4) is 0 Å². The van der Waals surface area contributed by atoms with Crippen LogP contribution in [0.2, 0.25) is 0 Å². The van der Waals surface area contributed by atoms with Gasteiger partial charge in [-0.1, -0.05) is 30.3 Å². The van der Waals surface area contributed by atoms with Gasteiger partial charge < -0.3 is 9.88 Å². The molecule has 0 bridgehead atoms. The fraction of sp³-hybridized carbons (Fsp3) is 0.235. The Morgan fingerprint density at radius 1 is 1.24 bits per heavy atom. The van der Waals surface area contributed by atoms with E-state index in [1.165, 1.54) is 5.56 Å². The number of rotatable bonds is 4. The summed E-state index contributed by atoms with van der Waals surface area (Å²) in [7, 11) is 0. The van der Waals surface area contributed by atoms with E-state index in [1.54, 1.807) is 11.3 Å². The molecule has 2 heterocycles. The molecule has 0 saturated carbocycles. The number of carbonyl (C=O) groups is 1. The molecule has 1 aromatic carbocycles. The molecule has 1 amide bonds. The third-order valence-electron chi connectivity index (χ3n) is 3.36. The van der Waals surface area contributed by atoms with Gasteiger partial charge in [0.15, 0.2) is 0 Å². The molecule has 3 nitrogen and oxygen atoms in total. The number of thiophene rings is 1. The Kier molecular flexibility index (Phi) is 3.80. The van der Waals surface area contributed by atoms with Gasteiger partial charge in [0.1, 0.15) is 5.69 Å². The van der Waals surface area contributed by atoms with Crippen molar-refractivity contribution in [3.63, 3.8) is 0 Å². The van der Waals surface area contributed by atoms with E-state index in [-0.39, 0.29) is 11.9 Å². The van der Waals surface area contributed by atoms with Gasteiger partial charge in [0.05, 0.1) is 10.2 Å². The van der Waals surface area contributed by atoms with Gasteiger partial charge in [-0.15, -0.1) is 11.3 Å². The predicted octanol–water partition coefficient (Wildman–Crippen LogP) is 3.89. The van der Waals surface area contributed by atoms with Crippen molar-refractivity contribution < 1.29 is 4.79 Å². The molecule has 0 radical (unpaired) electrons. The van der Waals surface area contributed by atoms with E-state index < -0.39 is 0 Å². The standard InChI is InChI=1S/C17H18N2OS/c1-12(2)18-17(20)15-10-16-14(8-9-21-16)19(15)11-13-6-4-3-5-7-13/h3-10,12H,11H2,1-2H3,(H,18,20). The van der Waals surface area contributed by atoms with Crippen LogP contribution in [0.3, 0.4) is 0 Å². The average molecular weight is 298 g/mol. The lowest BCUT2D eigenvalue weighted by Gasteiger charge is -2.12. The van der Waals surface area contributed by atoms with Gasteiger partial charge in [-0.2, -0.15) is 0 Å². The summed E-state index contributed by atoms with van der Waals surface area (Å²) in [6.45, 7) is 4.66. The highest BCUT2D eigenvalue weighted by Gasteiger charge is 2.17. The molecule has 2 aromatic heterocycles. The first-order valence-corrected chi connectivity index (χ1v) is 7.94. The minimum atomic E-state index is -0.00988. The third-order valence-corrected chi connectivity index (χ3v) is 4.21. The van der Waals surface area contributed by atoms with Crippen molar-refractivity contribution in [2.75, 3.05) is 0 Å². The highest BCUT2D eigenvalue weighted by Crippen LogP contribution is 2.26. The van der Waals surface area contributed by atoms with E-state index in [0.717, 1.165) is 15.9 Å². The highest BCUT2D eigenvalue weighted by atomic mass is 32.1. The van der Waals surface area contributed by atoms with Gasteiger partial charge in [0.25, 0.3) is 5.91 Å². The summed E-state index contributed by atoms with van der Waals surface area (Å²) in [4.78, 5) is 12.4. The zero-order valence-corrected chi connectivity index (χ0v) is 13.0. The van der Waals surface area contributed by atoms with Gasteiger partial charge in [0.2, 0.25) is 0 Å². The molecular weight excluding hydrogens is 280 g/mol. The minimum Gasteiger partial charge on any atom is -0.349 e. The SMILES string of the molecule is CC(C)NC(=O)c1cc2sccc2n1Cc1ccccc1. The molecular formula is C17H18N2OS. The number of amides is 1. The highest BCUT2D eigenvalue weighted by molar-refractivity contribution is 7.17. The Bertz CT molecular complexity index is 756. The first-order chi connectivity index (χ1) is 10.1. The van der Waals surface area contributed by atoms with Crippen LogP contribution < -0.4 is 5.32 Å². The molecule has 3 rings (SSSR count). The normalized spacial score (nSPS) is 11.2. The first kappa shape index (κ1) is 13.9. The molecule has 108 valence electrons. The van der Waals surface area contributed by atoms with Gasteiger partial charge >= 0.3 is 0 Å². The molecule has 1 N–H and O–H groups in total. The van der Waals surface area contributed by atoms with Crippen LogP contribution in [0.5, 0.6) is 0 Å². The van der Waals surface area contributed by atoms with Gasteiger partial charge in [0, 0.05) is 12.6 Å². The quantitative estimate of drug-likeness (QED) is 0.779. The molecule has 4 heteroatoms. The number of fused-ring (bicyclic) bond motifs is 1. The average Bonchev–Trinajstić information content (AvgIpc) is 3.02. The summed E-state index contributed by atoms with van der Waals surface area (Å²) in [5, 5.41) is 5.05. The van der Waals surface area contributed by atoms with Crippen LogP contribution in [0.15, 0.2) is 47.8 Å². The molecule has 0 aliphatic rings. The van der Waals surface area contributed by atoms with Gasteiger partial charge in [-0.05, 0) is 36.9 Å². The van der Waals surface area contributed by atoms with E-state index in [4.69, 9.17) is 0 Å². The number of benzene rings is 1. The number of carbonyl (C=O) groups excluding carboxylic acids is 1. The maximum absolute atomic E-state index is 12.4. The molecule has 0 aliphatic carbocycles. The maximum Gasteiger partial charge on any atom is 0.268 e. The largest absolute Gasteiger partial charge is 0.349 e. The molecule has 0 unspecified atom stereocenters. The molecule has 0 atom stereocenters. The van der Waals surface area contributed by atoms with Crippen LogP contribution in [0.1, 0.15) is 29.9 Å².